The Labute approximate surface area is 209 Å². The Hall–Kier alpha value is -1.69. The highest BCUT2D eigenvalue weighted by Crippen LogP contribution is 2.35. The van der Waals surface area contributed by atoms with Crippen molar-refractivity contribution in [2.45, 2.75) is 87.0 Å². The summed E-state index contributed by atoms with van der Waals surface area (Å²) >= 11 is 1.89. The van der Waals surface area contributed by atoms with Crippen molar-refractivity contribution in [3.8, 4) is 0 Å². The third-order valence-corrected chi connectivity index (χ3v) is 7.92. The van der Waals surface area contributed by atoms with E-state index in [9.17, 15) is 0 Å². The van der Waals surface area contributed by atoms with Gasteiger partial charge >= 0.3 is 0 Å². The minimum atomic E-state index is 0.447. The third kappa shape index (κ3) is 9.99. The Morgan fingerprint density at radius 1 is 1.15 bits per heavy atom. The van der Waals surface area contributed by atoms with Gasteiger partial charge in [0.05, 0.1) is 0 Å². The van der Waals surface area contributed by atoms with Crippen LogP contribution in [0.4, 0.5) is 0 Å². The quantitative estimate of drug-likeness (QED) is 0.149. The van der Waals surface area contributed by atoms with E-state index < -0.39 is 0 Å². The van der Waals surface area contributed by atoms with Crippen LogP contribution in [0.15, 0.2) is 86.9 Å². The average molecular weight is 463 g/mol. The van der Waals surface area contributed by atoms with Gasteiger partial charge in [-0.05, 0) is 81.6 Å². The molecule has 2 aliphatic rings. The van der Waals surface area contributed by atoms with Crippen LogP contribution in [0.2, 0.25) is 0 Å². The smallest absolute Gasteiger partial charge is 0.0353 e. The highest BCUT2D eigenvalue weighted by atomic mass is 32.2. The third-order valence-electron chi connectivity index (χ3n) is 6.73. The van der Waals surface area contributed by atoms with Crippen molar-refractivity contribution in [1.82, 2.24) is 0 Å². The molecule has 1 heteroatoms. The molecule has 2 atom stereocenters. The summed E-state index contributed by atoms with van der Waals surface area (Å²) in [7, 11) is 0. The first-order valence-corrected chi connectivity index (χ1v) is 13.7. The Balaban J connectivity index is 1.96. The molecule has 2 aliphatic carbocycles. The molecule has 0 aromatic carbocycles. The van der Waals surface area contributed by atoms with E-state index >= 15 is 0 Å². The Kier molecular flexibility index (Phi) is 12.1. The van der Waals surface area contributed by atoms with Gasteiger partial charge in [0.25, 0.3) is 0 Å². The summed E-state index contributed by atoms with van der Waals surface area (Å²) in [6.45, 7) is 16.0. The summed E-state index contributed by atoms with van der Waals surface area (Å²) in [5.41, 5.74) is 7.84. The lowest BCUT2D eigenvalue weighted by atomic mass is 9.78. The molecule has 0 aliphatic heterocycles. The summed E-state index contributed by atoms with van der Waals surface area (Å²) in [4.78, 5) is 2.81. The Morgan fingerprint density at radius 2 is 1.91 bits per heavy atom. The van der Waals surface area contributed by atoms with Crippen LogP contribution in [-0.4, -0.2) is 0 Å². The second-order valence-electron chi connectivity index (χ2n) is 10.3. The van der Waals surface area contributed by atoms with Crippen LogP contribution >= 0.6 is 11.8 Å². The van der Waals surface area contributed by atoms with Crippen molar-refractivity contribution in [3.63, 3.8) is 0 Å². The van der Waals surface area contributed by atoms with Crippen molar-refractivity contribution in [3.05, 3.63) is 86.9 Å². The molecular formula is C32H46S. The summed E-state index contributed by atoms with van der Waals surface area (Å²) in [6, 6.07) is 0. The topological polar surface area (TPSA) is 0 Å². The molecule has 0 aromatic heterocycles. The lowest BCUT2D eigenvalue weighted by molar-refractivity contribution is 0.420. The first-order valence-electron chi connectivity index (χ1n) is 12.9. The Morgan fingerprint density at radius 3 is 2.55 bits per heavy atom. The highest BCUT2D eigenvalue weighted by molar-refractivity contribution is 8.06. The van der Waals surface area contributed by atoms with E-state index in [-0.39, 0.29) is 0 Å². The molecule has 0 aromatic rings. The number of rotatable bonds is 13. The number of hydrogen-bond donors (Lipinski definition) is 0. The average Bonchev–Trinajstić information content (AvgIpc) is 2.74. The van der Waals surface area contributed by atoms with Gasteiger partial charge in [0.1, 0.15) is 0 Å². The van der Waals surface area contributed by atoms with Crippen LogP contribution in [0.5, 0.6) is 0 Å². The fourth-order valence-corrected chi connectivity index (χ4v) is 5.08. The van der Waals surface area contributed by atoms with Gasteiger partial charge in [-0.2, -0.15) is 0 Å². The van der Waals surface area contributed by atoms with E-state index in [1.54, 1.807) is 5.57 Å². The van der Waals surface area contributed by atoms with Gasteiger partial charge in [-0.25, -0.2) is 0 Å². The van der Waals surface area contributed by atoms with Crippen LogP contribution in [0.3, 0.4) is 0 Å². The van der Waals surface area contributed by atoms with Crippen LogP contribution < -0.4 is 0 Å². The summed E-state index contributed by atoms with van der Waals surface area (Å²) in [5.74, 6) is 2.44. The fourth-order valence-electron chi connectivity index (χ4n) is 4.15. The molecule has 0 amide bonds. The van der Waals surface area contributed by atoms with Gasteiger partial charge in [-0.15, -0.1) is 5.73 Å². The van der Waals surface area contributed by atoms with E-state index in [1.807, 2.05) is 11.8 Å². The second-order valence-corrected chi connectivity index (χ2v) is 11.6. The minimum Gasteiger partial charge on any atom is -0.114 e. The predicted molar refractivity (Wildman–Crippen MR) is 151 cm³/mol. The number of thioether (sulfide) groups is 1. The van der Waals surface area contributed by atoms with Crippen molar-refractivity contribution in [2.24, 2.45) is 23.7 Å². The molecule has 0 nitrogen and oxygen atoms in total. The lowest BCUT2D eigenvalue weighted by Gasteiger charge is -2.27. The second kappa shape index (κ2) is 14.5. The molecule has 2 rings (SSSR count). The molecule has 0 bridgehead atoms. The van der Waals surface area contributed by atoms with Crippen molar-refractivity contribution in [2.75, 3.05) is 0 Å². The maximum Gasteiger partial charge on any atom is 0.0353 e. The normalized spacial score (nSPS) is 20.5. The van der Waals surface area contributed by atoms with E-state index in [0.29, 0.717) is 17.8 Å². The fraction of sp³-hybridized carbons (Fsp3) is 0.531. The highest BCUT2D eigenvalue weighted by Gasteiger charge is 2.21. The standard InChI is InChI=1S/C32H46S/c1-24(2)23-30(18-10-8-9-15-27(6)28(7)33-31-20-14-21-31)32-22-12-11-17-29(32)19-13-16-26(5)25(3)4/h8-9,11,13-14,16-17,19,22,24-25,29-30H,10,12,15,18,20,23H2,1-7H3/b9-8-,19-13-,26-16+,28-27+. The van der Waals surface area contributed by atoms with Crippen LogP contribution in [0, 0.1) is 23.7 Å². The molecule has 0 saturated carbocycles. The van der Waals surface area contributed by atoms with Gasteiger partial charge in [0.2, 0.25) is 0 Å². The first-order chi connectivity index (χ1) is 15.8. The molecular weight excluding hydrogens is 416 g/mol. The largest absolute Gasteiger partial charge is 0.114 e. The molecule has 0 radical (unpaired) electrons. The van der Waals surface area contributed by atoms with E-state index in [2.05, 4.69) is 109 Å². The number of allylic oxidation sites excluding steroid dienone is 13. The maximum absolute atomic E-state index is 3.28. The maximum atomic E-state index is 3.28. The van der Waals surface area contributed by atoms with Crippen molar-refractivity contribution >= 4 is 11.8 Å². The summed E-state index contributed by atoms with van der Waals surface area (Å²) in [5, 5.41) is 0. The predicted octanol–water partition coefficient (Wildman–Crippen LogP) is 10.5. The molecule has 0 spiro atoms. The summed E-state index contributed by atoms with van der Waals surface area (Å²) < 4.78 is 0. The molecule has 33 heavy (non-hydrogen) atoms. The zero-order valence-corrected chi connectivity index (χ0v) is 23.0. The van der Waals surface area contributed by atoms with Gasteiger partial charge in [-0.3, -0.25) is 0 Å². The van der Waals surface area contributed by atoms with Gasteiger partial charge in [-0.1, -0.05) is 105 Å². The molecule has 0 N–H and O–H groups in total. The molecule has 0 fully saturated rings. The summed E-state index contributed by atoms with van der Waals surface area (Å²) in [6.07, 6.45) is 28.0. The van der Waals surface area contributed by atoms with Crippen LogP contribution in [-0.2, 0) is 0 Å². The lowest BCUT2D eigenvalue weighted by Crippen LogP contribution is -2.15. The molecule has 180 valence electrons. The SMILES string of the molecule is C/C(=C\C=C/C1C=CCC=C1C(CC/C=C\C/C(C)=C(\C)SC1=C=CC1)CC(C)C)C(C)C. The molecule has 0 saturated heterocycles. The molecule has 2 unspecified atom stereocenters. The van der Waals surface area contributed by atoms with Gasteiger partial charge in [0, 0.05) is 17.2 Å². The Bertz CT molecular complexity index is 875. The van der Waals surface area contributed by atoms with E-state index in [4.69, 9.17) is 0 Å². The van der Waals surface area contributed by atoms with Crippen LogP contribution in [0.25, 0.3) is 0 Å². The zero-order valence-electron chi connectivity index (χ0n) is 22.2. The zero-order chi connectivity index (χ0) is 24.2. The molecule has 0 heterocycles. The van der Waals surface area contributed by atoms with Crippen LogP contribution in [0.1, 0.15) is 87.0 Å². The first kappa shape index (κ1) is 27.6. The van der Waals surface area contributed by atoms with E-state index in [0.717, 1.165) is 31.6 Å². The van der Waals surface area contributed by atoms with E-state index in [1.165, 1.54) is 33.8 Å². The monoisotopic (exact) mass is 462 g/mol. The minimum absolute atomic E-state index is 0.447. The van der Waals surface area contributed by atoms with Gasteiger partial charge in [0.15, 0.2) is 0 Å². The van der Waals surface area contributed by atoms with Gasteiger partial charge < -0.3 is 0 Å². The van der Waals surface area contributed by atoms with Crippen molar-refractivity contribution in [1.29, 1.82) is 0 Å². The van der Waals surface area contributed by atoms with Crippen molar-refractivity contribution < 1.29 is 0 Å². The number of hydrogen-bond acceptors (Lipinski definition) is 1.